The highest BCUT2D eigenvalue weighted by atomic mass is 32.1. The molecule has 2 aromatic heterocycles. The number of amides is 1. The quantitative estimate of drug-likeness (QED) is 0.615. The smallest absolute Gasteiger partial charge is 0.270 e. The first-order valence-corrected chi connectivity index (χ1v) is 11.9. The maximum absolute atomic E-state index is 14.4. The fourth-order valence-electron chi connectivity index (χ4n) is 4.45. The van der Waals surface area contributed by atoms with Crippen LogP contribution in [-0.4, -0.2) is 48.2 Å². The Labute approximate surface area is 188 Å². The monoisotopic (exact) mass is 456 g/mol. The van der Waals surface area contributed by atoms with Crippen LogP contribution in [0.3, 0.4) is 0 Å². The van der Waals surface area contributed by atoms with Gasteiger partial charge in [-0.15, -0.1) is 11.3 Å². The van der Waals surface area contributed by atoms with E-state index < -0.39 is 0 Å². The number of aromatic nitrogens is 2. The van der Waals surface area contributed by atoms with Crippen molar-refractivity contribution in [3.63, 3.8) is 0 Å². The molecule has 0 bridgehead atoms. The van der Waals surface area contributed by atoms with Crippen LogP contribution in [0.4, 0.5) is 10.3 Å². The Balaban J connectivity index is 1.30. The first kappa shape index (κ1) is 21.1. The van der Waals surface area contributed by atoms with Gasteiger partial charge in [0.15, 0.2) is 0 Å². The number of hydrogen-bond donors (Lipinski definition) is 2. The van der Waals surface area contributed by atoms with Crippen molar-refractivity contribution in [2.75, 3.05) is 31.1 Å². The van der Waals surface area contributed by atoms with Crippen LogP contribution in [0.2, 0.25) is 0 Å². The highest BCUT2D eigenvalue weighted by Gasteiger charge is 2.27. The van der Waals surface area contributed by atoms with E-state index in [-0.39, 0.29) is 29.3 Å². The summed E-state index contributed by atoms with van der Waals surface area (Å²) in [6, 6.07) is 6.51. The van der Waals surface area contributed by atoms with Crippen molar-refractivity contribution in [3.8, 4) is 11.1 Å². The molecule has 0 unspecified atom stereocenters. The van der Waals surface area contributed by atoms with Gasteiger partial charge in [-0.3, -0.25) is 14.6 Å². The van der Waals surface area contributed by atoms with E-state index in [0.717, 1.165) is 19.4 Å². The summed E-state index contributed by atoms with van der Waals surface area (Å²) in [5.74, 6) is 0.136. The van der Waals surface area contributed by atoms with Crippen molar-refractivity contribution in [2.24, 2.45) is 5.92 Å². The van der Waals surface area contributed by atoms with E-state index in [1.165, 1.54) is 17.4 Å². The van der Waals surface area contributed by atoms with Gasteiger partial charge in [-0.25, -0.2) is 9.37 Å². The largest absolute Gasteiger partial charge is 0.376 e. The molecular formula is C23H25FN4O3S. The Kier molecular flexibility index (Phi) is 5.93. The van der Waals surface area contributed by atoms with Crippen LogP contribution in [-0.2, 0) is 9.53 Å². The molecule has 1 aromatic carbocycles. The lowest BCUT2D eigenvalue weighted by Crippen LogP contribution is -2.43. The lowest BCUT2D eigenvalue weighted by Gasteiger charge is -2.31. The minimum Gasteiger partial charge on any atom is -0.376 e. The van der Waals surface area contributed by atoms with Crippen LogP contribution < -0.4 is 15.8 Å². The highest BCUT2D eigenvalue weighted by molar-refractivity contribution is 7.17. The van der Waals surface area contributed by atoms with Crippen molar-refractivity contribution in [1.82, 2.24) is 15.3 Å². The number of carbonyl (C=O) groups excluding carboxylic acids is 1. The lowest BCUT2D eigenvalue weighted by molar-refractivity contribution is -0.126. The van der Waals surface area contributed by atoms with Crippen LogP contribution in [0.25, 0.3) is 21.3 Å². The van der Waals surface area contributed by atoms with Gasteiger partial charge in [0.25, 0.3) is 5.56 Å². The fraction of sp³-hybridized carbons (Fsp3) is 0.435. The number of fused-ring (bicyclic) bond motifs is 1. The Bertz CT molecular complexity index is 1180. The minimum atomic E-state index is -0.342. The standard InChI is InChI=1S/C23H25FN4O3S/c24-18-6-2-1-5-16(18)17-13-32-20-19(17)26-23(27-22(20)30)28-9-7-14(8-10-28)21(29)25-12-15-4-3-11-31-15/h1-2,5-6,13-15H,3-4,7-12H2,(H,25,29)(H,26,27,30)/t15-/m1/s1. The Morgan fingerprint density at radius 2 is 2.06 bits per heavy atom. The summed E-state index contributed by atoms with van der Waals surface area (Å²) in [4.78, 5) is 34.8. The minimum absolute atomic E-state index is 0.0572. The van der Waals surface area contributed by atoms with Gasteiger partial charge in [0.05, 0.1) is 11.6 Å². The number of carbonyl (C=O) groups is 1. The molecule has 1 amide bonds. The number of H-pyrrole nitrogens is 1. The number of hydrogen-bond acceptors (Lipinski definition) is 6. The number of rotatable bonds is 5. The number of nitrogens with one attached hydrogen (secondary N) is 2. The summed E-state index contributed by atoms with van der Waals surface area (Å²) in [6.45, 7) is 2.58. The van der Waals surface area contributed by atoms with Crippen molar-refractivity contribution in [3.05, 3.63) is 45.8 Å². The van der Waals surface area contributed by atoms with E-state index in [1.54, 1.807) is 23.6 Å². The van der Waals surface area contributed by atoms with Gasteiger partial charge in [0.1, 0.15) is 10.5 Å². The van der Waals surface area contributed by atoms with Crippen LogP contribution in [0.5, 0.6) is 0 Å². The molecule has 0 saturated carbocycles. The Morgan fingerprint density at radius 1 is 1.25 bits per heavy atom. The molecule has 168 valence electrons. The zero-order valence-electron chi connectivity index (χ0n) is 17.6. The first-order chi connectivity index (χ1) is 15.6. The predicted octanol–water partition coefficient (Wildman–Crippen LogP) is 3.30. The summed E-state index contributed by atoms with van der Waals surface area (Å²) in [5.41, 5.74) is 1.34. The number of thiophene rings is 1. The first-order valence-electron chi connectivity index (χ1n) is 11.0. The number of nitrogens with zero attached hydrogens (tertiary/aromatic N) is 2. The van der Waals surface area contributed by atoms with E-state index in [1.807, 2.05) is 4.90 Å². The average molecular weight is 457 g/mol. The molecule has 32 heavy (non-hydrogen) atoms. The number of benzene rings is 1. The lowest BCUT2D eigenvalue weighted by atomic mass is 9.96. The third-order valence-electron chi connectivity index (χ3n) is 6.27. The van der Waals surface area contributed by atoms with E-state index >= 15 is 0 Å². The second-order valence-corrected chi connectivity index (χ2v) is 9.22. The van der Waals surface area contributed by atoms with E-state index in [4.69, 9.17) is 9.72 Å². The molecule has 0 spiro atoms. The van der Waals surface area contributed by atoms with Crippen LogP contribution >= 0.6 is 11.3 Å². The van der Waals surface area contributed by atoms with Gasteiger partial charge in [-0.05, 0) is 31.7 Å². The van der Waals surface area contributed by atoms with E-state index in [9.17, 15) is 14.0 Å². The summed E-state index contributed by atoms with van der Waals surface area (Å²) >= 11 is 1.26. The van der Waals surface area contributed by atoms with Gasteiger partial charge in [0, 0.05) is 48.7 Å². The topological polar surface area (TPSA) is 87.3 Å². The molecule has 3 aromatic rings. The summed E-state index contributed by atoms with van der Waals surface area (Å²) in [5, 5.41) is 4.80. The third-order valence-corrected chi connectivity index (χ3v) is 7.24. The molecular weight excluding hydrogens is 431 g/mol. The number of piperidine rings is 1. The molecule has 2 N–H and O–H groups in total. The van der Waals surface area contributed by atoms with E-state index in [2.05, 4.69) is 10.3 Å². The second kappa shape index (κ2) is 8.99. The van der Waals surface area contributed by atoms with Crippen LogP contribution in [0.15, 0.2) is 34.4 Å². The molecule has 2 aliphatic heterocycles. The molecule has 1 atom stereocenters. The van der Waals surface area contributed by atoms with Gasteiger partial charge in [-0.2, -0.15) is 0 Å². The SMILES string of the molecule is O=C(NC[C@H]1CCCO1)C1CCN(c2nc3c(-c4ccccc4F)csc3c(=O)[nH]2)CC1. The van der Waals surface area contributed by atoms with Gasteiger partial charge >= 0.3 is 0 Å². The molecule has 4 heterocycles. The molecule has 2 saturated heterocycles. The second-order valence-electron chi connectivity index (χ2n) is 8.34. The van der Waals surface area contributed by atoms with Gasteiger partial charge in [0.2, 0.25) is 11.9 Å². The summed E-state index contributed by atoms with van der Waals surface area (Å²) in [7, 11) is 0. The van der Waals surface area contributed by atoms with Crippen LogP contribution in [0.1, 0.15) is 25.7 Å². The molecule has 0 aliphatic carbocycles. The van der Waals surface area contributed by atoms with Gasteiger partial charge in [-0.1, -0.05) is 18.2 Å². The molecule has 5 rings (SSSR count). The average Bonchev–Trinajstić information content (AvgIpc) is 3.48. The highest BCUT2D eigenvalue weighted by Crippen LogP contribution is 2.33. The fourth-order valence-corrected chi connectivity index (χ4v) is 5.35. The zero-order valence-corrected chi connectivity index (χ0v) is 18.4. The van der Waals surface area contributed by atoms with Crippen molar-refractivity contribution in [1.29, 1.82) is 0 Å². The van der Waals surface area contributed by atoms with Crippen molar-refractivity contribution >= 4 is 33.4 Å². The predicted molar refractivity (Wildman–Crippen MR) is 123 cm³/mol. The van der Waals surface area contributed by atoms with E-state index in [0.29, 0.717) is 59.8 Å². The normalized spacial score (nSPS) is 19.5. The van der Waals surface area contributed by atoms with Gasteiger partial charge < -0.3 is 15.0 Å². The molecule has 9 heteroatoms. The Hall–Kier alpha value is -2.78. The maximum atomic E-state index is 14.4. The zero-order chi connectivity index (χ0) is 22.1. The molecule has 2 aliphatic rings. The number of anilines is 1. The summed E-state index contributed by atoms with van der Waals surface area (Å²) in [6.07, 6.45) is 3.55. The number of halogens is 1. The molecule has 0 radical (unpaired) electrons. The number of ether oxygens (including phenoxy) is 1. The molecule has 7 nitrogen and oxygen atoms in total. The molecule has 2 fully saturated rings. The van der Waals surface area contributed by atoms with Crippen molar-refractivity contribution in [2.45, 2.75) is 31.8 Å². The maximum Gasteiger partial charge on any atom is 0.270 e. The van der Waals surface area contributed by atoms with Crippen molar-refractivity contribution < 1.29 is 13.9 Å². The van der Waals surface area contributed by atoms with Crippen LogP contribution in [0, 0.1) is 11.7 Å². The Morgan fingerprint density at radius 3 is 2.81 bits per heavy atom. The summed E-state index contributed by atoms with van der Waals surface area (Å²) < 4.78 is 20.4. The third kappa shape index (κ3) is 4.14. The number of aromatic amines is 1.